The third kappa shape index (κ3) is 3.70. The lowest BCUT2D eigenvalue weighted by Crippen LogP contribution is -2.51. The van der Waals surface area contributed by atoms with E-state index in [4.69, 9.17) is 10.6 Å². The van der Waals surface area contributed by atoms with Crippen LogP contribution in [0.2, 0.25) is 0 Å². The Hall–Kier alpha value is -0.200. The highest BCUT2D eigenvalue weighted by Gasteiger charge is 2.16. The van der Waals surface area contributed by atoms with Crippen molar-refractivity contribution in [2.24, 2.45) is 5.84 Å². The largest absolute Gasteiger partial charge is 0.379 e. The molecule has 0 spiro atoms. The van der Waals surface area contributed by atoms with Crippen molar-refractivity contribution >= 4 is 0 Å². The van der Waals surface area contributed by atoms with Crippen molar-refractivity contribution < 1.29 is 4.74 Å². The zero-order valence-corrected chi connectivity index (χ0v) is 9.40. The van der Waals surface area contributed by atoms with Gasteiger partial charge in [0, 0.05) is 52.4 Å². The number of piperazine rings is 1. The molecule has 0 bridgehead atoms. The second-order valence-electron chi connectivity index (χ2n) is 4.33. The quantitative estimate of drug-likeness (QED) is 0.599. The molecule has 2 heterocycles. The summed E-state index contributed by atoms with van der Waals surface area (Å²) in [5.41, 5.74) is 0. The van der Waals surface area contributed by atoms with Crippen LogP contribution in [0, 0.1) is 0 Å². The molecule has 0 aromatic carbocycles. The molecule has 0 saturated carbocycles. The molecular weight excluding hydrogens is 192 g/mol. The molecule has 0 radical (unpaired) electrons. The van der Waals surface area contributed by atoms with Crippen molar-refractivity contribution in [2.75, 3.05) is 65.6 Å². The summed E-state index contributed by atoms with van der Waals surface area (Å²) in [4.78, 5) is 4.98. The van der Waals surface area contributed by atoms with Gasteiger partial charge >= 0.3 is 0 Å². The van der Waals surface area contributed by atoms with E-state index in [9.17, 15) is 0 Å². The van der Waals surface area contributed by atoms with Gasteiger partial charge < -0.3 is 4.74 Å². The van der Waals surface area contributed by atoms with Gasteiger partial charge in [0.15, 0.2) is 0 Å². The van der Waals surface area contributed by atoms with E-state index in [0.29, 0.717) is 0 Å². The first kappa shape index (κ1) is 11.3. The van der Waals surface area contributed by atoms with Crippen LogP contribution in [-0.4, -0.2) is 80.4 Å². The van der Waals surface area contributed by atoms with E-state index in [1.165, 1.54) is 13.1 Å². The van der Waals surface area contributed by atoms with E-state index < -0.39 is 0 Å². The van der Waals surface area contributed by atoms with Gasteiger partial charge in [-0.25, -0.2) is 5.01 Å². The minimum Gasteiger partial charge on any atom is -0.379 e. The van der Waals surface area contributed by atoms with Gasteiger partial charge in [0.05, 0.1) is 13.2 Å². The van der Waals surface area contributed by atoms with Crippen LogP contribution in [0.4, 0.5) is 0 Å². The zero-order chi connectivity index (χ0) is 10.5. The summed E-state index contributed by atoms with van der Waals surface area (Å²) in [5, 5.41) is 1.91. The molecule has 2 fully saturated rings. The highest BCUT2D eigenvalue weighted by molar-refractivity contribution is 4.70. The Labute approximate surface area is 91.7 Å². The molecule has 0 aromatic rings. The first-order valence-corrected chi connectivity index (χ1v) is 5.87. The normalized spacial score (nSPS) is 27.0. The summed E-state index contributed by atoms with van der Waals surface area (Å²) >= 11 is 0. The standard InChI is InChI=1S/C10H22N4O/c11-14-5-3-12(4-6-14)1-2-13-7-9-15-10-8-13/h1-11H2. The fourth-order valence-corrected chi connectivity index (χ4v) is 2.09. The average molecular weight is 214 g/mol. The molecule has 2 saturated heterocycles. The van der Waals surface area contributed by atoms with Crippen LogP contribution in [0.3, 0.4) is 0 Å². The summed E-state index contributed by atoms with van der Waals surface area (Å²) in [6.45, 7) is 10.6. The van der Waals surface area contributed by atoms with Gasteiger partial charge in [0.1, 0.15) is 0 Å². The van der Waals surface area contributed by atoms with Crippen molar-refractivity contribution in [3.05, 3.63) is 0 Å². The van der Waals surface area contributed by atoms with E-state index in [1.54, 1.807) is 0 Å². The molecule has 0 unspecified atom stereocenters. The lowest BCUT2D eigenvalue weighted by Gasteiger charge is -2.34. The number of hydrazine groups is 1. The van der Waals surface area contributed by atoms with E-state index in [2.05, 4.69) is 9.80 Å². The molecule has 88 valence electrons. The van der Waals surface area contributed by atoms with Crippen LogP contribution in [0.25, 0.3) is 0 Å². The zero-order valence-electron chi connectivity index (χ0n) is 9.40. The maximum atomic E-state index is 5.72. The van der Waals surface area contributed by atoms with Crippen molar-refractivity contribution in [1.29, 1.82) is 0 Å². The van der Waals surface area contributed by atoms with E-state index in [1.807, 2.05) is 5.01 Å². The third-order valence-electron chi connectivity index (χ3n) is 3.24. The van der Waals surface area contributed by atoms with Gasteiger partial charge in [-0.2, -0.15) is 0 Å². The van der Waals surface area contributed by atoms with E-state index in [-0.39, 0.29) is 0 Å². The third-order valence-corrected chi connectivity index (χ3v) is 3.24. The molecule has 15 heavy (non-hydrogen) atoms. The van der Waals surface area contributed by atoms with Gasteiger partial charge in [-0.15, -0.1) is 0 Å². The number of morpholine rings is 1. The van der Waals surface area contributed by atoms with Crippen LogP contribution in [0.1, 0.15) is 0 Å². The number of nitrogens with two attached hydrogens (primary N) is 1. The summed E-state index contributed by atoms with van der Waals surface area (Å²) in [7, 11) is 0. The Morgan fingerprint density at radius 1 is 0.800 bits per heavy atom. The maximum absolute atomic E-state index is 5.72. The highest BCUT2D eigenvalue weighted by atomic mass is 16.5. The Morgan fingerprint density at radius 3 is 1.93 bits per heavy atom. The van der Waals surface area contributed by atoms with E-state index >= 15 is 0 Å². The minimum absolute atomic E-state index is 0.899. The molecule has 2 aliphatic heterocycles. The molecule has 2 N–H and O–H groups in total. The molecule has 0 atom stereocenters. The topological polar surface area (TPSA) is 45.0 Å². The van der Waals surface area contributed by atoms with Crippen molar-refractivity contribution in [2.45, 2.75) is 0 Å². The first-order chi connectivity index (χ1) is 7.34. The Kier molecular flexibility index (Phi) is 4.34. The molecule has 0 aromatic heterocycles. The van der Waals surface area contributed by atoms with Crippen LogP contribution < -0.4 is 5.84 Å². The van der Waals surface area contributed by atoms with Crippen molar-refractivity contribution in [3.63, 3.8) is 0 Å². The maximum Gasteiger partial charge on any atom is 0.0594 e. The molecule has 2 rings (SSSR count). The molecular formula is C10H22N4O. The molecule has 0 aliphatic carbocycles. The van der Waals surface area contributed by atoms with Crippen LogP contribution in [0.5, 0.6) is 0 Å². The van der Waals surface area contributed by atoms with Gasteiger partial charge in [0.2, 0.25) is 0 Å². The number of rotatable bonds is 3. The van der Waals surface area contributed by atoms with Gasteiger partial charge in [0.25, 0.3) is 0 Å². The summed E-state index contributed by atoms with van der Waals surface area (Å²) in [6.07, 6.45) is 0. The summed E-state index contributed by atoms with van der Waals surface area (Å²) in [5.74, 6) is 5.72. The Bertz CT molecular complexity index is 176. The number of hydrogen-bond acceptors (Lipinski definition) is 5. The minimum atomic E-state index is 0.899. The van der Waals surface area contributed by atoms with Crippen LogP contribution in [-0.2, 0) is 4.74 Å². The van der Waals surface area contributed by atoms with Gasteiger partial charge in [-0.1, -0.05) is 0 Å². The molecule has 0 amide bonds. The monoisotopic (exact) mass is 214 g/mol. The summed E-state index contributed by atoms with van der Waals surface area (Å²) in [6, 6.07) is 0. The average Bonchev–Trinajstić information content (AvgIpc) is 2.30. The van der Waals surface area contributed by atoms with Crippen LogP contribution in [0.15, 0.2) is 0 Å². The van der Waals surface area contributed by atoms with Gasteiger partial charge in [-0.05, 0) is 0 Å². The fraction of sp³-hybridized carbons (Fsp3) is 1.00. The Morgan fingerprint density at radius 2 is 1.33 bits per heavy atom. The molecule has 5 nitrogen and oxygen atoms in total. The second kappa shape index (κ2) is 5.77. The summed E-state index contributed by atoms with van der Waals surface area (Å²) < 4.78 is 5.33. The highest BCUT2D eigenvalue weighted by Crippen LogP contribution is 2.00. The molecule has 2 aliphatic rings. The van der Waals surface area contributed by atoms with Crippen molar-refractivity contribution in [3.8, 4) is 0 Å². The smallest absolute Gasteiger partial charge is 0.0594 e. The van der Waals surface area contributed by atoms with Crippen LogP contribution >= 0.6 is 0 Å². The van der Waals surface area contributed by atoms with Gasteiger partial charge in [-0.3, -0.25) is 15.6 Å². The Balaban J connectivity index is 1.60. The predicted molar refractivity (Wildman–Crippen MR) is 59.5 cm³/mol. The number of nitrogens with zero attached hydrogens (tertiary/aromatic N) is 3. The number of hydrogen-bond donors (Lipinski definition) is 1. The fourth-order valence-electron chi connectivity index (χ4n) is 2.09. The lowest BCUT2D eigenvalue weighted by atomic mass is 10.3. The predicted octanol–water partition coefficient (Wildman–Crippen LogP) is -1.19. The lowest BCUT2D eigenvalue weighted by molar-refractivity contribution is 0.0299. The SMILES string of the molecule is NN1CCN(CCN2CCOCC2)CC1. The van der Waals surface area contributed by atoms with Crippen molar-refractivity contribution in [1.82, 2.24) is 14.8 Å². The number of ether oxygens (including phenoxy) is 1. The second-order valence-corrected chi connectivity index (χ2v) is 4.33. The molecule has 5 heteroatoms. The van der Waals surface area contributed by atoms with E-state index in [0.717, 1.165) is 52.5 Å². The first-order valence-electron chi connectivity index (χ1n) is 5.87.